The molecule has 0 aliphatic carbocycles. The van der Waals surface area contributed by atoms with E-state index in [2.05, 4.69) is 0 Å². The Labute approximate surface area is 91.1 Å². The molecule has 3 nitrogen and oxygen atoms in total. The topological polar surface area (TPSA) is 72.3 Å². The van der Waals surface area contributed by atoms with Crippen molar-refractivity contribution in [2.45, 2.75) is 33.7 Å². The van der Waals surface area contributed by atoms with Gasteiger partial charge in [-0.1, -0.05) is 26.8 Å². The molecule has 1 rings (SSSR count). The van der Waals surface area contributed by atoms with E-state index in [0.717, 1.165) is 11.1 Å². The molecular formula is C12H20N2O. The van der Waals surface area contributed by atoms with Gasteiger partial charge in [-0.3, -0.25) is 0 Å². The van der Waals surface area contributed by atoms with Gasteiger partial charge in [-0.2, -0.15) is 0 Å². The number of nitrogens with two attached hydrogens (primary N) is 2. The molecule has 0 unspecified atom stereocenters. The standard InChI is InChI=1S/C12H20N2O/c1-7-5-6-8(13)10(15)9(7)11(14)12(2,3)4/h5-6,11,15H,13-14H2,1-4H3/t11-/m0/s1. The molecule has 3 heteroatoms. The zero-order chi connectivity index (χ0) is 11.8. The maximum Gasteiger partial charge on any atom is 0.143 e. The van der Waals surface area contributed by atoms with Gasteiger partial charge in [-0.25, -0.2) is 0 Å². The van der Waals surface area contributed by atoms with Crippen molar-refractivity contribution in [1.82, 2.24) is 0 Å². The van der Waals surface area contributed by atoms with Crippen LogP contribution in [0.25, 0.3) is 0 Å². The van der Waals surface area contributed by atoms with Crippen LogP contribution in [-0.4, -0.2) is 5.11 Å². The molecule has 15 heavy (non-hydrogen) atoms. The van der Waals surface area contributed by atoms with Crippen LogP contribution >= 0.6 is 0 Å². The van der Waals surface area contributed by atoms with E-state index in [1.165, 1.54) is 0 Å². The van der Waals surface area contributed by atoms with Gasteiger partial charge >= 0.3 is 0 Å². The van der Waals surface area contributed by atoms with Crippen molar-refractivity contribution in [3.63, 3.8) is 0 Å². The van der Waals surface area contributed by atoms with E-state index >= 15 is 0 Å². The largest absolute Gasteiger partial charge is 0.505 e. The van der Waals surface area contributed by atoms with E-state index in [9.17, 15) is 5.11 Å². The molecule has 0 aliphatic heterocycles. The summed E-state index contributed by atoms with van der Waals surface area (Å²) in [5, 5.41) is 9.91. The summed E-state index contributed by atoms with van der Waals surface area (Å²) in [6.45, 7) is 8.05. The van der Waals surface area contributed by atoms with Crippen LogP contribution in [0.5, 0.6) is 5.75 Å². The zero-order valence-electron chi connectivity index (χ0n) is 9.83. The third-order valence-corrected chi connectivity index (χ3v) is 2.71. The number of phenols is 1. The minimum atomic E-state index is -0.221. The summed E-state index contributed by atoms with van der Waals surface area (Å²) in [4.78, 5) is 0. The molecule has 1 atom stereocenters. The lowest BCUT2D eigenvalue weighted by atomic mass is 9.81. The summed E-state index contributed by atoms with van der Waals surface area (Å²) in [6.07, 6.45) is 0. The third kappa shape index (κ3) is 2.23. The highest BCUT2D eigenvalue weighted by Gasteiger charge is 2.26. The van der Waals surface area contributed by atoms with Crippen molar-refractivity contribution >= 4 is 5.69 Å². The fourth-order valence-corrected chi connectivity index (χ4v) is 1.55. The maximum absolute atomic E-state index is 9.91. The molecule has 0 radical (unpaired) electrons. The molecule has 0 saturated carbocycles. The molecule has 0 amide bonds. The molecule has 0 bridgehead atoms. The number of hydrogen-bond acceptors (Lipinski definition) is 3. The number of rotatable bonds is 1. The van der Waals surface area contributed by atoms with Gasteiger partial charge in [0.2, 0.25) is 0 Å². The van der Waals surface area contributed by atoms with Crippen molar-refractivity contribution in [2.75, 3.05) is 5.73 Å². The van der Waals surface area contributed by atoms with Crippen LogP contribution in [0.1, 0.15) is 37.9 Å². The number of phenolic OH excluding ortho intramolecular Hbond substituents is 1. The highest BCUT2D eigenvalue weighted by molar-refractivity contribution is 5.59. The van der Waals surface area contributed by atoms with Gasteiger partial charge in [-0.05, 0) is 24.0 Å². The predicted molar refractivity (Wildman–Crippen MR) is 63.6 cm³/mol. The van der Waals surface area contributed by atoms with Crippen molar-refractivity contribution in [2.24, 2.45) is 11.1 Å². The summed E-state index contributed by atoms with van der Waals surface area (Å²) in [5.74, 6) is 0.123. The number of hydrogen-bond donors (Lipinski definition) is 3. The van der Waals surface area contributed by atoms with E-state index in [0.29, 0.717) is 5.69 Å². The molecule has 1 aromatic rings. The molecule has 0 spiro atoms. The summed E-state index contributed by atoms with van der Waals surface area (Å²) in [7, 11) is 0. The number of aryl methyl sites for hydroxylation is 1. The molecule has 0 saturated heterocycles. The van der Waals surface area contributed by atoms with Crippen molar-refractivity contribution < 1.29 is 5.11 Å². The number of aromatic hydroxyl groups is 1. The van der Waals surface area contributed by atoms with E-state index in [1.54, 1.807) is 6.07 Å². The van der Waals surface area contributed by atoms with Crippen LogP contribution in [0.3, 0.4) is 0 Å². The van der Waals surface area contributed by atoms with E-state index in [1.807, 2.05) is 33.8 Å². The van der Waals surface area contributed by atoms with Crippen molar-refractivity contribution in [3.05, 3.63) is 23.3 Å². The summed E-state index contributed by atoms with van der Waals surface area (Å²) < 4.78 is 0. The zero-order valence-corrected chi connectivity index (χ0v) is 9.83. The highest BCUT2D eigenvalue weighted by atomic mass is 16.3. The Morgan fingerprint density at radius 1 is 1.27 bits per heavy atom. The average Bonchev–Trinajstić information content (AvgIpc) is 2.10. The van der Waals surface area contributed by atoms with Gasteiger partial charge in [0, 0.05) is 11.6 Å². The van der Waals surface area contributed by atoms with Crippen molar-refractivity contribution in [1.29, 1.82) is 0 Å². The molecule has 0 fully saturated rings. The van der Waals surface area contributed by atoms with Crippen LogP contribution in [0.15, 0.2) is 12.1 Å². The van der Waals surface area contributed by atoms with Crippen LogP contribution in [0.2, 0.25) is 0 Å². The Kier molecular flexibility index (Phi) is 2.95. The maximum atomic E-state index is 9.91. The monoisotopic (exact) mass is 208 g/mol. The first-order valence-electron chi connectivity index (χ1n) is 5.08. The Bertz CT molecular complexity index is 367. The quantitative estimate of drug-likeness (QED) is 0.490. The molecular weight excluding hydrogens is 188 g/mol. The normalized spacial score (nSPS) is 13.9. The van der Waals surface area contributed by atoms with E-state index in [4.69, 9.17) is 11.5 Å². The van der Waals surface area contributed by atoms with Gasteiger partial charge in [0.25, 0.3) is 0 Å². The fourth-order valence-electron chi connectivity index (χ4n) is 1.55. The lowest BCUT2D eigenvalue weighted by molar-refractivity contribution is 0.317. The van der Waals surface area contributed by atoms with E-state index in [-0.39, 0.29) is 17.2 Å². The van der Waals surface area contributed by atoms with Crippen LogP contribution in [0.4, 0.5) is 5.69 Å². The molecule has 5 N–H and O–H groups in total. The number of benzene rings is 1. The predicted octanol–water partition coefficient (Wildman–Crippen LogP) is 2.33. The first kappa shape index (κ1) is 11.9. The third-order valence-electron chi connectivity index (χ3n) is 2.71. The van der Waals surface area contributed by atoms with Gasteiger partial charge in [-0.15, -0.1) is 0 Å². The van der Waals surface area contributed by atoms with Gasteiger partial charge in [0.05, 0.1) is 5.69 Å². The Morgan fingerprint density at radius 3 is 2.27 bits per heavy atom. The Balaban J connectivity index is 3.31. The molecule has 0 heterocycles. The lowest BCUT2D eigenvalue weighted by Crippen LogP contribution is -2.27. The fraction of sp³-hybridized carbons (Fsp3) is 0.500. The molecule has 84 valence electrons. The van der Waals surface area contributed by atoms with Crippen LogP contribution < -0.4 is 11.5 Å². The number of anilines is 1. The van der Waals surface area contributed by atoms with Crippen LogP contribution in [-0.2, 0) is 0 Å². The molecule has 0 aliphatic rings. The SMILES string of the molecule is Cc1ccc(N)c(O)c1[C@H](N)C(C)(C)C. The van der Waals surface area contributed by atoms with Gasteiger partial charge in [0.1, 0.15) is 5.75 Å². The second kappa shape index (κ2) is 3.74. The second-order valence-electron chi connectivity index (χ2n) is 5.08. The number of nitrogen functional groups attached to an aromatic ring is 1. The summed E-state index contributed by atoms with van der Waals surface area (Å²) in [5.41, 5.74) is 13.8. The highest BCUT2D eigenvalue weighted by Crippen LogP contribution is 2.39. The van der Waals surface area contributed by atoms with Crippen molar-refractivity contribution in [3.8, 4) is 5.75 Å². The van der Waals surface area contributed by atoms with Gasteiger partial charge in [0.15, 0.2) is 0 Å². The summed E-state index contributed by atoms with van der Waals surface area (Å²) >= 11 is 0. The first-order valence-corrected chi connectivity index (χ1v) is 5.08. The molecule has 0 aromatic heterocycles. The summed E-state index contributed by atoms with van der Waals surface area (Å²) in [6, 6.07) is 3.36. The minimum Gasteiger partial charge on any atom is -0.505 e. The first-order chi connectivity index (χ1) is 6.75. The van der Waals surface area contributed by atoms with Gasteiger partial charge < -0.3 is 16.6 Å². The van der Waals surface area contributed by atoms with E-state index < -0.39 is 0 Å². The average molecular weight is 208 g/mol. The Hall–Kier alpha value is -1.22. The minimum absolute atomic E-state index is 0.101. The smallest absolute Gasteiger partial charge is 0.143 e. The second-order valence-corrected chi connectivity index (χ2v) is 5.08. The molecule has 1 aromatic carbocycles. The Morgan fingerprint density at radius 2 is 1.80 bits per heavy atom. The lowest BCUT2D eigenvalue weighted by Gasteiger charge is -2.29. The van der Waals surface area contributed by atoms with Crippen LogP contribution in [0, 0.1) is 12.3 Å².